The Hall–Kier alpha value is -2.12. The number of hydrogen-bond acceptors (Lipinski definition) is 4. The Kier molecular flexibility index (Phi) is 4.68. The average Bonchev–Trinajstić information content (AvgIpc) is 2.49. The molecule has 0 unspecified atom stereocenters. The summed E-state index contributed by atoms with van der Waals surface area (Å²) in [6, 6.07) is 8.77. The zero-order valence-electron chi connectivity index (χ0n) is 11.3. The van der Waals surface area contributed by atoms with E-state index in [4.69, 9.17) is 11.6 Å². The van der Waals surface area contributed by atoms with Crippen molar-refractivity contribution in [2.45, 2.75) is 4.90 Å². The lowest BCUT2D eigenvalue weighted by Crippen LogP contribution is -2.15. The van der Waals surface area contributed by atoms with Gasteiger partial charge in [-0.1, -0.05) is 17.7 Å². The molecule has 1 N–H and O–H groups in total. The van der Waals surface area contributed by atoms with Crippen LogP contribution < -0.4 is 4.72 Å². The molecule has 2 aromatic rings. The minimum absolute atomic E-state index is 0.0713. The third-order valence-corrected chi connectivity index (χ3v) is 4.34. The van der Waals surface area contributed by atoms with Crippen LogP contribution in [0.2, 0.25) is 5.02 Å². The number of carbonyl (C=O) groups is 1. The van der Waals surface area contributed by atoms with Gasteiger partial charge in [-0.05, 0) is 36.4 Å². The number of anilines is 1. The first-order chi connectivity index (χ1) is 10.3. The number of carbonyl (C=O) groups excluding carboxylic acids is 1. The summed E-state index contributed by atoms with van der Waals surface area (Å²) in [6.45, 7) is 0. The predicted molar refractivity (Wildman–Crippen MR) is 80.0 cm³/mol. The Morgan fingerprint density at radius 3 is 2.59 bits per heavy atom. The molecule has 8 heteroatoms. The van der Waals surface area contributed by atoms with Crippen LogP contribution >= 0.6 is 11.6 Å². The maximum atomic E-state index is 13.7. The summed E-state index contributed by atoms with van der Waals surface area (Å²) < 4.78 is 44.8. The van der Waals surface area contributed by atoms with Crippen molar-refractivity contribution < 1.29 is 22.3 Å². The molecule has 0 heterocycles. The van der Waals surface area contributed by atoms with E-state index in [1.54, 1.807) is 0 Å². The van der Waals surface area contributed by atoms with E-state index in [-0.39, 0.29) is 21.2 Å². The minimum Gasteiger partial charge on any atom is -0.465 e. The highest BCUT2D eigenvalue weighted by Crippen LogP contribution is 2.22. The van der Waals surface area contributed by atoms with Crippen molar-refractivity contribution in [3.05, 3.63) is 58.9 Å². The predicted octanol–water partition coefficient (Wildman–Crippen LogP) is 3.07. The first kappa shape index (κ1) is 16.3. The fraction of sp³-hybridized carbons (Fsp3) is 0.0714. The second-order valence-electron chi connectivity index (χ2n) is 4.25. The fourth-order valence-electron chi connectivity index (χ4n) is 1.68. The Morgan fingerprint density at radius 2 is 1.95 bits per heavy atom. The smallest absolute Gasteiger partial charge is 0.337 e. The molecule has 0 fully saturated rings. The van der Waals surface area contributed by atoms with Crippen molar-refractivity contribution >= 4 is 33.3 Å². The highest BCUT2D eigenvalue weighted by Gasteiger charge is 2.18. The van der Waals surface area contributed by atoms with Gasteiger partial charge in [0.15, 0.2) is 0 Å². The molecule has 0 aromatic heterocycles. The van der Waals surface area contributed by atoms with Crippen LogP contribution in [0.1, 0.15) is 10.4 Å². The van der Waals surface area contributed by atoms with Crippen LogP contribution in [0.25, 0.3) is 0 Å². The minimum atomic E-state index is -4.05. The lowest BCUT2D eigenvalue weighted by molar-refractivity contribution is 0.0600. The number of sulfonamides is 1. The molecule has 0 aliphatic heterocycles. The van der Waals surface area contributed by atoms with Gasteiger partial charge in [-0.25, -0.2) is 17.6 Å². The quantitative estimate of drug-likeness (QED) is 0.866. The molecule has 0 saturated carbocycles. The topological polar surface area (TPSA) is 72.5 Å². The van der Waals surface area contributed by atoms with E-state index in [0.717, 1.165) is 12.1 Å². The van der Waals surface area contributed by atoms with Crippen LogP contribution in [0.5, 0.6) is 0 Å². The van der Waals surface area contributed by atoms with Crippen molar-refractivity contribution in [2.75, 3.05) is 11.8 Å². The Morgan fingerprint density at radius 1 is 1.23 bits per heavy atom. The number of ether oxygens (including phenoxy) is 1. The molecule has 0 radical (unpaired) electrons. The summed E-state index contributed by atoms with van der Waals surface area (Å²) in [5, 5.41) is 0.146. The summed E-state index contributed by atoms with van der Waals surface area (Å²) in [6.07, 6.45) is 0. The number of esters is 1. The van der Waals surface area contributed by atoms with Gasteiger partial charge in [0.05, 0.1) is 23.3 Å². The van der Waals surface area contributed by atoms with Crippen LogP contribution in [-0.2, 0) is 14.8 Å². The summed E-state index contributed by atoms with van der Waals surface area (Å²) in [5.74, 6) is -1.48. The zero-order valence-corrected chi connectivity index (χ0v) is 12.9. The van der Waals surface area contributed by atoms with Gasteiger partial charge < -0.3 is 4.74 Å². The molecule has 0 aliphatic rings. The molecule has 5 nitrogen and oxygen atoms in total. The number of hydrogen-bond donors (Lipinski definition) is 1. The number of nitrogens with one attached hydrogen (secondary N) is 1. The SMILES string of the molecule is COC(=O)c1cccc(S(=O)(=O)Nc2ccc(Cl)cc2F)c1. The molecule has 0 aliphatic carbocycles. The number of halogens is 2. The summed E-state index contributed by atoms with van der Waals surface area (Å²) >= 11 is 5.61. The first-order valence-electron chi connectivity index (χ1n) is 6.00. The molecule has 2 aromatic carbocycles. The van der Waals surface area contributed by atoms with E-state index in [1.165, 1.54) is 37.4 Å². The monoisotopic (exact) mass is 343 g/mol. The Labute approximate surface area is 131 Å². The van der Waals surface area contributed by atoms with Gasteiger partial charge in [0, 0.05) is 5.02 Å². The standard InChI is InChI=1S/C14H11ClFNO4S/c1-21-14(18)9-3-2-4-11(7-9)22(19,20)17-13-6-5-10(15)8-12(13)16/h2-8,17H,1H3. The van der Waals surface area contributed by atoms with Gasteiger partial charge >= 0.3 is 5.97 Å². The molecule has 0 saturated heterocycles. The van der Waals surface area contributed by atoms with Gasteiger partial charge in [-0.3, -0.25) is 4.72 Å². The van der Waals surface area contributed by atoms with E-state index in [2.05, 4.69) is 9.46 Å². The number of rotatable bonds is 4. The van der Waals surface area contributed by atoms with E-state index < -0.39 is 21.8 Å². The Balaban J connectivity index is 2.36. The molecule has 116 valence electrons. The van der Waals surface area contributed by atoms with E-state index in [1.807, 2.05) is 0 Å². The second kappa shape index (κ2) is 6.33. The highest BCUT2D eigenvalue weighted by atomic mass is 35.5. The molecule has 22 heavy (non-hydrogen) atoms. The molecule has 2 rings (SSSR count). The molecular weight excluding hydrogens is 333 g/mol. The lowest BCUT2D eigenvalue weighted by Gasteiger charge is -2.10. The molecule has 0 amide bonds. The second-order valence-corrected chi connectivity index (χ2v) is 6.37. The molecule has 0 spiro atoms. The van der Waals surface area contributed by atoms with Gasteiger partial charge in [-0.2, -0.15) is 0 Å². The van der Waals surface area contributed by atoms with Crippen molar-refractivity contribution in [1.29, 1.82) is 0 Å². The van der Waals surface area contributed by atoms with Crippen LogP contribution in [0.4, 0.5) is 10.1 Å². The fourth-order valence-corrected chi connectivity index (χ4v) is 2.96. The first-order valence-corrected chi connectivity index (χ1v) is 7.86. The van der Waals surface area contributed by atoms with Crippen LogP contribution in [0.3, 0.4) is 0 Å². The van der Waals surface area contributed by atoms with E-state index >= 15 is 0 Å². The lowest BCUT2D eigenvalue weighted by atomic mass is 10.2. The molecule has 0 bridgehead atoms. The number of methoxy groups -OCH3 is 1. The third kappa shape index (κ3) is 3.55. The summed E-state index contributed by atoms with van der Waals surface area (Å²) in [5.41, 5.74) is -0.171. The van der Waals surface area contributed by atoms with Crippen LogP contribution in [0, 0.1) is 5.82 Å². The Bertz CT molecular complexity index is 823. The van der Waals surface area contributed by atoms with Crippen molar-refractivity contribution in [3.8, 4) is 0 Å². The average molecular weight is 344 g/mol. The summed E-state index contributed by atoms with van der Waals surface area (Å²) in [4.78, 5) is 11.2. The molecule has 0 atom stereocenters. The maximum absolute atomic E-state index is 13.7. The van der Waals surface area contributed by atoms with Gasteiger partial charge in [0.2, 0.25) is 0 Å². The van der Waals surface area contributed by atoms with Crippen LogP contribution in [-0.4, -0.2) is 21.5 Å². The largest absolute Gasteiger partial charge is 0.465 e. The molecular formula is C14H11ClFNO4S. The summed E-state index contributed by atoms with van der Waals surface area (Å²) in [7, 11) is -2.87. The van der Waals surface area contributed by atoms with Gasteiger partial charge in [-0.15, -0.1) is 0 Å². The van der Waals surface area contributed by atoms with E-state index in [9.17, 15) is 17.6 Å². The number of benzene rings is 2. The van der Waals surface area contributed by atoms with Crippen molar-refractivity contribution in [2.24, 2.45) is 0 Å². The zero-order chi connectivity index (χ0) is 16.3. The third-order valence-electron chi connectivity index (χ3n) is 2.74. The van der Waals surface area contributed by atoms with Crippen molar-refractivity contribution in [3.63, 3.8) is 0 Å². The van der Waals surface area contributed by atoms with Crippen LogP contribution in [0.15, 0.2) is 47.4 Å². The highest BCUT2D eigenvalue weighted by molar-refractivity contribution is 7.92. The normalized spacial score (nSPS) is 11.0. The van der Waals surface area contributed by atoms with Gasteiger partial charge in [0.25, 0.3) is 10.0 Å². The van der Waals surface area contributed by atoms with Gasteiger partial charge in [0.1, 0.15) is 5.82 Å². The van der Waals surface area contributed by atoms with Crippen molar-refractivity contribution in [1.82, 2.24) is 0 Å². The maximum Gasteiger partial charge on any atom is 0.337 e. The van der Waals surface area contributed by atoms with E-state index in [0.29, 0.717) is 0 Å².